The summed E-state index contributed by atoms with van der Waals surface area (Å²) in [6.45, 7) is 12.5. The Bertz CT molecular complexity index is 358. The van der Waals surface area contributed by atoms with E-state index in [0.717, 1.165) is 45.2 Å². The third-order valence-corrected chi connectivity index (χ3v) is 5.56. The minimum absolute atomic E-state index is 0.0998. The van der Waals surface area contributed by atoms with Crippen molar-refractivity contribution in [1.29, 1.82) is 0 Å². The number of ether oxygens (including phenoxy) is 1. The fraction of sp³-hybridized carbons (Fsp3) is 0.944. The summed E-state index contributed by atoms with van der Waals surface area (Å²) in [5.41, 5.74) is 5.45. The molecular weight excluding hydrogens is 304 g/mol. The molecule has 0 unspecified atom stereocenters. The quantitative estimate of drug-likeness (QED) is 0.822. The first-order chi connectivity index (χ1) is 11.8. The second-order valence-electron chi connectivity index (χ2n) is 6.73. The van der Waals surface area contributed by atoms with Crippen LogP contribution in [0.4, 0.5) is 0 Å². The zero-order chi connectivity index (χ0) is 17.4. The minimum Gasteiger partial charge on any atom is -0.381 e. The number of hydrogen-bond acceptors (Lipinski definition) is 5. The van der Waals surface area contributed by atoms with Gasteiger partial charge in [-0.2, -0.15) is 0 Å². The number of nitrogens with two attached hydrogens (primary N) is 1. The van der Waals surface area contributed by atoms with Crippen LogP contribution in [0.15, 0.2) is 0 Å². The highest BCUT2D eigenvalue weighted by Gasteiger charge is 2.31. The highest BCUT2D eigenvalue weighted by Crippen LogP contribution is 2.21. The summed E-state index contributed by atoms with van der Waals surface area (Å²) in [6, 6.07) is 1.39. The third-order valence-electron chi connectivity index (χ3n) is 5.56. The van der Waals surface area contributed by atoms with E-state index in [2.05, 4.69) is 9.80 Å². The second-order valence-corrected chi connectivity index (χ2v) is 6.73. The van der Waals surface area contributed by atoms with Crippen LogP contribution in [0.25, 0.3) is 0 Å². The van der Waals surface area contributed by atoms with Crippen molar-refractivity contribution in [3.05, 3.63) is 0 Å². The largest absolute Gasteiger partial charge is 0.381 e. The average molecular weight is 341 g/mol. The van der Waals surface area contributed by atoms with Crippen molar-refractivity contribution in [2.75, 3.05) is 59.0 Å². The van der Waals surface area contributed by atoms with Crippen LogP contribution in [0.1, 0.15) is 39.5 Å². The van der Waals surface area contributed by atoms with E-state index in [0.29, 0.717) is 6.04 Å². The molecule has 0 aromatic heterocycles. The molecule has 3 aliphatic heterocycles. The van der Waals surface area contributed by atoms with Gasteiger partial charge in [-0.1, -0.05) is 13.8 Å². The van der Waals surface area contributed by atoms with Gasteiger partial charge in [-0.15, -0.1) is 0 Å². The standard InChI is InChI=1S/C16H30N4O2.C2H6/c17-13-16(21)20-5-1-14(2-6-20)18-7-9-19(10-8-18)15-3-11-22-12-4-15;1-2/h14-15H,1-13,17H2;1-2H3. The number of carbonyl (C=O) groups is 1. The molecule has 3 heterocycles. The van der Waals surface area contributed by atoms with Crippen molar-refractivity contribution in [1.82, 2.24) is 14.7 Å². The van der Waals surface area contributed by atoms with Gasteiger partial charge in [-0.05, 0) is 25.7 Å². The Morgan fingerprint density at radius 2 is 1.33 bits per heavy atom. The number of likely N-dealkylation sites (tertiary alicyclic amines) is 1. The van der Waals surface area contributed by atoms with E-state index >= 15 is 0 Å². The first-order valence-corrected chi connectivity index (χ1v) is 9.81. The van der Waals surface area contributed by atoms with Gasteiger partial charge in [0.05, 0.1) is 6.54 Å². The predicted octanol–water partition coefficient (Wildman–Crippen LogP) is 0.759. The molecule has 1 amide bonds. The normalized spacial score (nSPS) is 25.2. The number of carbonyl (C=O) groups excluding carboxylic acids is 1. The van der Waals surface area contributed by atoms with Crippen LogP contribution >= 0.6 is 0 Å². The molecule has 0 radical (unpaired) electrons. The third kappa shape index (κ3) is 5.15. The molecule has 24 heavy (non-hydrogen) atoms. The first kappa shape index (κ1) is 19.6. The number of rotatable bonds is 3. The molecule has 3 fully saturated rings. The van der Waals surface area contributed by atoms with E-state index in [-0.39, 0.29) is 12.5 Å². The Kier molecular flexibility index (Phi) is 8.45. The molecule has 0 saturated carbocycles. The van der Waals surface area contributed by atoms with E-state index in [9.17, 15) is 4.79 Å². The summed E-state index contributed by atoms with van der Waals surface area (Å²) in [6.07, 6.45) is 4.59. The Balaban J connectivity index is 0.00000100. The molecule has 3 rings (SSSR count). The lowest BCUT2D eigenvalue weighted by Crippen LogP contribution is -2.56. The molecule has 0 bridgehead atoms. The Hall–Kier alpha value is -0.690. The van der Waals surface area contributed by atoms with Crippen LogP contribution in [-0.4, -0.2) is 91.7 Å². The summed E-state index contributed by atoms with van der Waals surface area (Å²) < 4.78 is 5.47. The fourth-order valence-electron chi connectivity index (χ4n) is 4.13. The van der Waals surface area contributed by atoms with Gasteiger partial charge >= 0.3 is 0 Å². The van der Waals surface area contributed by atoms with Gasteiger partial charge in [0, 0.05) is 64.6 Å². The van der Waals surface area contributed by atoms with E-state index < -0.39 is 0 Å². The molecule has 3 saturated heterocycles. The van der Waals surface area contributed by atoms with E-state index in [1.165, 1.54) is 39.0 Å². The summed E-state index contributed by atoms with van der Waals surface area (Å²) in [5.74, 6) is 0.0998. The predicted molar refractivity (Wildman–Crippen MR) is 97.0 cm³/mol. The monoisotopic (exact) mass is 340 g/mol. The summed E-state index contributed by atoms with van der Waals surface area (Å²) >= 11 is 0. The molecule has 0 aromatic carbocycles. The molecule has 0 aliphatic carbocycles. The molecular formula is C18H36N4O2. The number of piperidine rings is 1. The number of piperazine rings is 1. The van der Waals surface area contributed by atoms with Gasteiger partial charge in [0.15, 0.2) is 0 Å². The Morgan fingerprint density at radius 1 is 0.875 bits per heavy atom. The van der Waals surface area contributed by atoms with Gasteiger partial charge in [0.1, 0.15) is 0 Å². The molecule has 6 nitrogen and oxygen atoms in total. The van der Waals surface area contributed by atoms with Gasteiger partial charge in [0.2, 0.25) is 5.91 Å². The zero-order valence-corrected chi connectivity index (χ0v) is 15.6. The van der Waals surface area contributed by atoms with Crippen LogP contribution in [0.2, 0.25) is 0 Å². The lowest BCUT2D eigenvalue weighted by Gasteiger charge is -2.45. The number of nitrogens with zero attached hydrogens (tertiary/aromatic N) is 3. The summed E-state index contributed by atoms with van der Waals surface area (Å²) in [7, 11) is 0. The summed E-state index contributed by atoms with van der Waals surface area (Å²) in [5, 5.41) is 0. The first-order valence-electron chi connectivity index (χ1n) is 9.81. The lowest BCUT2D eigenvalue weighted by molar-refractivity contribution is -0.131. The van der Waals surface area contributed by atoms with Gasteiger partial charge in [-0.25, -0.2) is 0 Å². The lowest BCUT2D eigenvalue weighted by atomic mass is 10.0. The molecule has 140 valence electrons. The van der Waals surface area contributed by atoms with E-state index in [1.54, 1.807) is 0 Å². The van der Waals surface area contributed by atoms with Crippen molar-refractivity contribution in [3.8, 4) is 0 Å². The van der Waals surface area contributed by atoms with Crippen molar-refractivity contribution in [3.63, 3.8) is 0 Å². The van der Waals surface area contributed by atoms with Crippen LogP contribution in [0, 0.1) is 0 Å². The van der Waals surface area contributed by atoms with E-state index in [4.69, 9.17) is 10.5 Å². The van der Waals surface area contributed by atoms with Gasteiger partial charge in [-0.3, -0.25) is 14.6 Å². The maximum absolute atomic E-state index is 11.6. The molecule has 0 atom stereocenters. The molecule has 0 aromatic rings. The van der Waals surface area contributed by atoms with Gasteiger partial charge in [0.25, 0.3) is 0 Å². The topological polar surface area (TPSA) is 62.0 Å². The maximum atomic E-state index is 11.6. The molecule has 3 aliphatic rings. The minimum atomic E-state index is 0.0998. The smallest absolute Gasteiger partial charge is 0.236 e. The zero-order valence-electron chi connectivity index (χ0n) is 15.6. The fourth-order valence-corrected chi connectivity index (χ4v) is 4.13. The van der Waals surface area contributed by atoms with Crippen molar-refractivity contribution < 1.29 is 9.53 Å². The van der Waals surface area contributed by atoms with Crippen molar-refractivity contribution >= 4 is 5.91 Å². The summed E-state index contributed by atoms with van der Waals surface area (Å²) in [4.78, 5) is 18.9. The van der Waals surface area contributed by atoms with Gasteiger partial charge < -0.3 is 15.4 Å². The van der Waals surface area contributed by atoms with Crippen LogP contribution < -0.4 is 5.73 Å². The maximum Gasteiger partial charge on any atom is 0.236 e. The van der Waals surface area contributed by atoms with E-state index in [1.807, 2.05) is 18.7 Å². The number of hydrogen-bond donors (Lipinski definition) is 1. The van der Waals surface area contributed by atoms with Crippen LogP contribution in [0.3, 0.4) is 0 Å². The highest BCUT2D eigenvalue weighted by atomic mass is 16.5. The van der Waals surface area contributed by atoms with Crippen molar-refractivity contribution in [2.24, 2.45) is 5.73 Å². The molecule has 6 heteroatoms. The Labute approximate surface area is 147 Å². The second kappa shape index (κ2) is 10.3. The average Bonchev–Trinajstić information content (AvgIpc) is 2.70. The SMILES string of the molecule is CC.NCC(=O)N1CCC(N2CCN(C3CCOCC3)CC2)CC1. The van der Waals surface area contributed by atoms with Crippen LogP contribution in [-0.2, 0) is 9.53 Å². The molecule has 0 spiro atoms. The Morgan fingerprint density at radius 3 is 1.79 bits per heavy atom. The molecule has 2 N–H and O–H groups in total. The van der Waals surface area contributed by atoms with Crippen molar-refractivity contribution in [2.45, 2.75) is 51.6 Å². The highest BCUT2D eigenvalue weighted by molar-refractivity contribution is 5.78. The number of amides is 1. The van der Waals surface area contributed by atoms with Crippen LogP contribution in [0.5, 0.6) is 0 Å².